The molecule has 9 aromatic carbocycles. The minimum Gasteiger partial charge on any atom is -0.452 e. The van der Waals surface area contributed by atoms with Crippen LogP contribution in [0.25, 0.3) is 116 Å². The summed E-state index contributed by atoms with van der Waals surface area (Å²) in [7, 11) is 0. The van der Waals surface area contributed by atoms with E-state index in [0.717, 1.165) is 55.5 Å². The third kappa shape index (κ3) is 4.38. The van der Waals surface area contributed by atoms with Gasteiger partial charge < -0.3 is 13.4 Å². The van der Waals surface area contributed by atoms with Gasteiger partial charge in [-0.2, -0.15) is 0 Å². The van der Waals surface area contributed by atoms with Crippen LogP contribution >= 0.6 is 0 Å². The zero-order valence-corrected chi connectivity index (χ0v) is 29.7. The summed E-state index contributed by atoms with van der Waals surface area (Å²) in [6.07, 6.45) is 0. The fraction of sp³-hybridized carbons (Fsp3) is 0. The van der Waals surface area contributed by atoms with Crippen LogP contribution < -0.4 is 0 Å². The average Bonchev–Trinajstić information content (AvgIpc) is 3.96. The summed E-state index contributed by atoms with van der Waals surface area (Å²) < 4.78 is 15.7. The Morgan fingerprint density at radius 2 is 0.891 bits per heavy atom. The Labute approximate surface area is 315 Å². The molecule has 0 amide bonds. The van der Waals surface area contributed by atoms with Gasteiger partial charge in [0.05, 0.1) is 11.0 Å². The lowest BCUT2D eigenvalue weighted by molar-refractivity contribution is 0.611. The number of para-hydroxylation sites is 3. The van der Waals surface area contributed by atoms with E-state index in [1.165, 1.54) is 60.0 Å². The summed E-state index contributed by atoms with van der Waals surface area (Å²) in [6, 6.07) is 67.3. The smallest absolute Gasteiger partial charge is 0.178 e. The van der Waals surface area contributed by atoms with Crippen molar-refractivity contribution in [2.75, 3.05) is 0 Å². The van der Waals surface area contributed by atoms with Crippen molar-refractivity contribution in [3.8, 4) is 39.3 Å². The van der Waals surface area contributed by atoms with E-state index in [2.05, 4.69) is 174 Å². The van der Waals surface area contributed by atoms with Crippen molar-refractivity contribution in [3.05, 3.63) is 188 Å². The molecule has 0 spiro atoms. The van der Waals surface area contributed by atoms with Crippen molar-refractivity contribution in [3.63, 3.8) is 0 Å². The Morgan fingerprint density at radius 3 is 1.62 bits per heavy atom. The Hall–Kier alpha value is -7.36. The molecule has 0 unspecified atom stereocenters. The minimum atomic E-state index is 0.764. The summed E-state index contributed by atoms with van der Waals surface area (Å²) in [5.74, 6) is 0.818. The standard InChI is InChI=1S/C52H31NO2/c1-3-15-32(16-4-1)48-31-44-42(30-43-36-20-12-14-26-47(36)54-51(43)52(44)55-48)50-39-23-9-7-21-37(39)49(38-22-8-10-24-40(38)50)33-27-28-46-41(29-33)35-19-11-13-25-45(35)53(46)34-17-5-2-6-18-34/h1-31H. The van der Waals surface area contributed by atoms with E-state index in [-0.39, 0.29) is 0 Å². The van der Waals surface area contributed by atoms with Crippen molar-refractivity contribution in [2.45, 2.75) is 0 Å². The molecule has 0 aliphatic carbocycles. The molecule has 0 atom stereocenters. The number of hydrogen-bond acceptors (Lipinski definition) is 2. The quantitative estimate of drug-likeness (QED) is 0.171. The summed E-state index contributed by atoms with van der Waals surface area (Å²) in [6.45, 7) is 0. The maximum Gasteiger partial charge on any atom is 0.178 e. The van der Waals surface area contributed by atoms with Crippen molar-refractivity contribution >= 4 is 76.3 Å². The fourth-order valence-corrected chi connectivity index (χ4v) is 9.02. The van der Waals surface area contributed by atoms with Crippen LogP contribution in [-0.2, 0) is 0 Å². The predicted molar refractivity (Wildman–Crippen MR) is 229 cm³/mol. The minimum absolute atomic E-state index is 0.764. The number of benzene rings is 9. The SMILES string of the molecule is c1ccc(-c2cc3c(-c4c5ccccc5c(-c5ccc6c(c5)c5ccccc5n6-c5ccccc5)c5ccccc45)cc4c5ccccc5oc4c3o2)cc1. The van der Waals surface area contributed by atoms with Crippen LogP contribution in [0.3, 0.4) is 0 Å². The highest BCUT2D eigenvalue weighted by atomic mass is 16.4. The van der Waals surface area contributed by atoms with Gasteiger partial charge in [-0.25, -0.2) is 0 Å². The molecule has 12 aromatic rings. The largest absolute Gasteiger partial charge is 0.452 e. The van der Waals surface area contributed by atoms with E-state index in [0.29, 0.717) is 0 Å². The first-order valence-electron chi connectivity index (χ1n) is 18.8. The predicted octanol–water partition coefficient (Wildman–Crippen LogP) is 14.7. The third-order valence-corrected chi connectivity index (χ3v) is 11.4. The number of nitrogens with zero attached hydrogens (tertiary/aromatic N) is 1. The van der Waals surface area contributed by atoms with Crippen LogP contribution in [-0.4, -0.2) is 4.57 Å². The first-order chi connectivity index (χ1) is 27.3. The second-order valence-electron chi connectivity index (χ2n) is 14.4. The third-order valence-electron chi connectivity index (χ3n) is 11.4. The van der Waals surface area contributed by atoms with Gasteiger partial charge in [0.25, 0.3) is 0 Å². The Morgan fingerprint density at radius 1 is 0.327 bits per heavy atom. The van der Waals surface area contributed by atoms with Gasteiger partial charge in [-0.1, -0.05) is 140 Å². The van der Waals surface area contributed by atoms with Crippen LogP contribution in [0.15, 0.2) is 197 Å². The van der Waals surface area contributed by atoms with Gasteiger partial charge in [0, 0.05) is 38.2 Å². The summed E-state index contributed by atoms with van der Waals surface area (Å²) in [5, 5.41) is 10.4. The maximum absolute atomic E-state index is 6.79. The molecule has 55 heavy (non-hydrogen) atoms. The molecule has 12 rings (SSSR count). The fourth-order valence-electron chi connectivity index (χ4n) is 9.02. The van der Waals surface area contributed by atoms with Gasteiger partial charge in [-0.3, -0.25) is 0 Å². The normalized spacial score (nSPS) is 12.0. The van der Waals surface area contributed by atoms with Crippen molar-refractivity contribution in [1.29, 1.82) is 0 Å². The summed E-state index contributed by atoms with van der Waals surface area (Å²) in [5.41, 5.74) is 11.7. The monoisotopic (exact) mass is 701 g/mol. The molecular weight excluding hydrogens is 671 g/mol. The van der Waals surface area contributed by atoms with E-state index in [1.54, 1.807) is 0 Å². The first-order valence-corrected chi connectivity index (χ1v) is 18.8. The van der Waals surface area contributed by atoms with E-state index in [9.17, 15) is 0 Å². The highest BCUT2D eigenvalue weighted by Gasteiger charge is 2.24. The second-order valence-corrected chi connectivity index (χ2v) is 14.4. The molecule has 3 heteroatoms. The van der Waals surface area contributed by atoms with Gasteiger partial charge in [0.15, 0.2) is 11.2 Å². The average molecular weight is 702 g/mol. The van der Waals surface area contributed by atoms with Crippen molar-refractivity contribution in [1.82, 2.24) is 4.57 Å². The Balaban J connectivity index is 1.18. The molecule has 3 heterocycles. The molecule has 0 saturated heterocycles. The summed E-state index contributed by atoms with van der Waals surface area (Å²) in [4.78, 5) is 0. The molecule has 0 aliphatic heterocycles. The van der Waals surface area contributed by atoms with E-state index in [1.807, 2.05) is 18.2 Å². The van der Waals surface area contributed by atoms with Gasteiger partial charge >= 0.3 is 0 Å². The van der Waals surface area contributed by atoms with Crippen LogP contribution in [0.1, 0.15) is 0 Å². The number of aromatic nitrogens is 1. The molecule has 0 fully saturated rings. The van der Waals surface area contributed by atoms with Crippen LogP contribution in [0, 0.1) is 0 Å². The maximum atomic E-state index is 6.79. The van der Waals surface area contributed by atoms with Crippen LogP contribution in [0.2, 0.25) is 0 Å². The first kappa shape index (κ1) is 30.1. The summed E-state index contributed by atoms with van der Waals surface area (Å²) >= 11 is 0. The van der Waals surface area contributed by atoms with Crippen molar-refractivity contribution in [2.24, 2.45) is 0 Å². The van der Waals surface area contributed by atoms with Gasteiger partial charge in [-0.05, 0) is 92.3 Å². The van der Waals surface area contributed by atoms with Crippen LogP contribution in [0.5, 0.6) is 0 Å². The van der Waals surface area contributed by atoms with E-state index < -0.39 is 0 Å². The lowest BCUT2D eigenvalue weighted by atomic mass is 9.84. The van der Waals surface area contributed by atoms with E-state index >= 15 is 0 Å². The highest BCUT2D eigenvalue weighted by Crippen LogP contribution is 2.49. The number of fused-ring (bicyclic) bond motifs is 10. The van der Waals surface area contributed by atoms with Crippen LogP contribution in [0.4, 0.5) is 0 Å². The zero-order valence-electron chi connectivity index (χ0n) is 29.7. The molecule has 3 aromatic heterocycles. The molecule has 3 nitrogen and oxygen atoms in total. The number of hydrogen-bond donors (Lipinski definition) is 0. The molecule has 0 bridgehead atoms. The van der Waals surface area contributed by atoms with Crippen molar-refractivity contribution < 1.29 is 8.83 Å². The van der Waals surface area contributed by atoms with Gasteiger partial charge in [0.1, 0.15) is 11.3 Å². The molecule has 0 radical (unpaired) electrons. The molecule has 0 saturated carbocycles. The Kier molecular flexibility index (Phi) is 6.34. The topological polar surface area (TPSA) is 31.2 Å². The number of furan rings is 2. The molecular formula is C52H31NO2. The number of rotatable bonds is 4. The highest BCUT2D eigenvalue weighted by molar-refractivity contribution is 6.27. The molecule has 0 N–H and O–H groups in total. The molecule has 0 aliphatic rings. The Bertz CT molecular complexity index is 3420. The van der Waals surface area contributed by atoms with Gasteiger partial charge in [-0.15, -0.1) is 0 Å². The lowest BCUT2D eigenvalue weighted by Crippen LogP contribution is -1.93. The zero-order chi connectivity index (χ0) is 36.0. The van der Waals surface area contributed by atoms with E-state index in [4.69, 9.17) is 8.83 Å². The van der Waals surface area contributed by atoms with Gasteiger partial charge in [0.2, 0.25) is 0 Å². The molecule has 256 valence electrons. The second kappa shape index (κ2) is 11.6. The lowest BCUT2D eigenvalue weighted by Gasteiger charge is -2.18.